The molecule has 4 nitrogen and oxygen atoms in total. The van der Waals surface area contributed by atoms with Gasteiger partial charge in [-0.05, 0) is 201 Å². The third-order valence-corrected chi connectivity index (χ3v) is 22.9. The van der Waals surface area contributed by atoms with Gasteiger partial charge in [-0.2, -0.15) is 0 Å². The molecule has 4 heteroatoms. The van der Waals surface area contributed by atoms with Gasteiger partial charge < -0.3 is 19.3 Å². The molecule has 108 heavy (non-hydrogen) atoms. The average Bonchev–Trinajstić information content (AvgIpc) is 1.49. The number of nitrogens with zero attached hydrogens (tertiary/aromatic N) is 2. The molecule has 0 saturated carbocycles. The second-order valence-electron chi connectivity index (χ2n) is 29.8. The quantitative estimate of drug-likeness (QED) is 0.144. The number of anilines is 6. The van der Waals surface area contributed by atoms with E-state index in [4.69, 9.17) is 9.47 Å². The minimum atomic E-state index is -0.172. The molecule has 0 unspecified atom stereocenters. The summed E-state index contributed by atoms with van der Waals surface area (Å²) in [6.07, 6.45) is 0. The molecule has 0 atom stereocenters. The van der Waals surface area contributed by atoms with Crippen LogP contribution in [-0.4, -0.2) is 0 Å². The first-order valence-electron chi connectivity index (χ1n) is 37.4. The molecule has 0 spiro atoms. The van der Waals surface area contributed by atoms with Crippen LogP contribution >= 0.6 is 0 Å². The Bertz CT molecular complexity index is 6360. The van der Waals surface area contributed by atoms with Crippen LogP contribution in [0.3, 0.4) is 0 Å². The lowest BCUT2D eigenvalue weighted by atomic mass is 9.82. The van der Waals surface area contributed by atoms with Gasteiger partial charge in [-0.1, -0.05) is 325 Å². The van der Waals surface area contributed by atoms with Gasteiger partial charge >= 0.3 is 0 Å². The van der Waals surface area contributed by atoms with Crippen molar-refractivity contribution in [3.05, 3.63) is 398 Å². The Kier molecular flexibility index (Phi) is 15.2. The summed E-state index contributed by atoms with van der Waals surface area (Å²) in [5.41, 5.74) is 32.5. The lowest BCUT2D eigenvalue weighted by Gasteiger charge is -2.32. The molecule has 21 rings (SSSR count). The fraction of sp³-hybridized carbons (Fsp3) is 0.0577. The second-order valence-corrected chi connectivity index (χ2v) is 29.8. The third kappa shape index (κ3) is 10.6. The summed E-state index contributed by atoms with van der Waals surface area (Å²) in [5, 5.41) is 4.89. The van der Waals surface area contributed by atoms with Crippen molar-refractivity contribution in [3.63, 3.8) is 0 Å². The molecule has 2 aliphatic carbocycles. The van der Waals surface area contributed by atoms with Crippen LogP contribution in [0.15, 0.2) is 376 Å². The Labute approximate surface area is 631 Å². The van der Waals surface area contributed by atoms with Gasteiger partial charge in [-0.15, -0.1) is 0 Å². The van der Waals surface area contributed by atoms with E-state index < -0.39 is 0 Å². The van der Waals surface area contributed by atoms with E-state index >= 15 is 0 Å². The summed E-state index contributed by atoms with van der Waals surface area (Å²) >= 11 is 0. The molecule has 0 N–H and O–H groups in total. The van der Waals surface area contributed by atoms with Gasteiger partial charge in [0.15, 0.2) is 11.5 Å². The van der Waals surface area contributed by atoms with E-state index in [-0.39, 0.29) is 10.8 Å². The predicted octanol–water partition coefficient (Wildman–Crippen LogP) is 29.1. The molecule has 0 fully saturated rings. The summed E-state index contributed by atoms with van der Waals surface area (Å²) in [5.74, 6) is 3.34. The molecule has 0 bridgehead atoms. The van der Waals surface area contributed by atoms with Gasteiger partial charge in [0.25, 0.3) is 0 Å². The van der Waals surface area contributed by atoms with Crippen LogP contribution in [0.1, 0.15) is 49.9 Å². The molecule has 17 aromatic carbocycles. The molecular weight excluding hydrogens is 1310 g/mol. The van der Waals surface area contributed by atoms with Gasteiger partial charge in [0.05, 0.1) is 11.4 Å². The van der Waals surface area contributed by atoms with Crippen molar-refractivity contribution in [2.24, 2.45) is 0 Å². The average molecular weight is 1380 g/mol. The number of fused-ring (bicyclic) bond motifs is 14. The Balaban J connectivity index is 0.000000143. The second kappa shape index (κ2) is 25.7. The highest BCUT2D eigenvalue weighted by molar-refractivity contribution is 6.11. The van der Waals surface area contributed by atoms with Gasteiger partial charge in [-0.25, -0.2) is 0 Å². The van der Waals surface area contributed by atoms with E-state index in [2.05, 4.69) is 414 Å². The number of rotatable bonds is 9. The highest BCUT2D eigenvalue weighted by atomic mass is 16.5. The van der Waals surface area contributed by atoms with Crippen LogP contribution in [0.4, 0.5) is 34.1 Å². The molecule has 0 saturated heterocycles. The molecule has 0 radical (unpaired) electrons. The summed E-state index contributed by atoms with van der Waals surface area (Å²) in [7, 11) is 0. The number of ether oxygens (including phenoxy) is 2. The normalized spacial score (nSPS) is 13.1. The molecule has 17 aromatic rings. The fourth-order valence-electron chi connectivity index (χ4n) is 17.7. The summed E-state index contributed by atoms with van der Waals surface area (Å²) < 4.78 is 14.5. The Morgan fingerprint density at radius 2 is 0.519 bits per heavy atom. The summed E-state index contributed by atoms with van der Waals surface area (Å²) in [4.78, 5) is 4.80. The van der Waals surface area contributed by atoms with Crippen LogP contribution in [0, 0.1) is 0 Å². The maximum Gasteiger partial charge on any atom is 0.159 e. The molecule has 0 amide bonds. The van der Waals surface area contributed by atoms with Crippen molar-refractivity contribution < 1.29 is 9.47 Å². The minimum absolute atomic E-state index is 0.134. The van der Waals surface area contributed by atoms with Crippen molar-refractivity contribution in [3.8, 4) is 123 Å². The van der Waals surface area contributed by atoms with Crippen molar-refractivity contribution in [1.82, 2.24) is 0 Å². The Hall–Kier alpha value is -13.5. The minimum Gasteiger partial charge on any atom is -0.454 e. The first-order valence-corrected chi connectivity index (χ1v) is 37.4. The van der Waals surface area contributed by atoms with E-state index in [1.54, 1.807) is 0 Å². The number of para-hydroxylation sites is 4. The molecular formula is C104H74N2O2. The molecule has 2 heterocycles. The van der Waals surface area contributed by atoms with Crippen LogP contribution in [0.5, 0.6) is 23.0 Å². The van der Waals surface area contributed by atoms with Crippen LogP contribution in [-0.2, 0) is 10.8 Å². The predicted molar refractivity (Wildman–Crippen MR) is 451 cm³/mol. The van der Waals surface area contributed by atoms with Gasteiger partial charge in [0.1, 0.15) is 11.5 Å². The Morgan fingerprint density at radius 3 is 0.954 bits per heavy atom. The van der Waals surface area contributed by atoms with Crippen LogP contribution in [0.2, 0.25) is 0 Å². The number of hydrogen-bond donors (Lipinski definition) is 0. The zero-order chi connectivity index (χ0) is 72.2. The Morgan fingerprint density at radius 1 is 0.204 bits per heavy atom. The first kappa shape index (κ1) is 64.1. The van der Waals surface area contributed by atoms with E-state index in [1.807, 2.05) is 0 Å². The van der Waals surface area contributed by atoms with E-state index in [0.717, 1.165) is 96.1 Å². The maximum atomic E-state index is 7.30. The largest absolute Gasteiger partial charge is 0.454 e. The first-order chi connectivity index (χ1) is 53.1. The SMILES string of the molecule is CC1(C)c2ccccc2-c2ccc(N(c3cc(-c4ccccc4)cc(-c4ccccc4)c3)c3cccc4c3Oc3ccccc3-c3cccc5cccc-4c35)cc21.CC1(C)c2ccccc2-c2ccc(N(c3ccc(-c4ccccc4)cc3)c3cccc4c3Oc3ccccc3-c3cccc5cccc-4c35)cc21. The van der Waals surface area contributed by atoms with Crippen LogP contribution < -0.4 is 19.3 Å². The lowest BCUT2D eigenvalue weighted by molar-refractivity contribution is 0.487. The molecule has 512 valence electrons. The van der Waals surface area contributed by atoms with Crippen LogP contribution in [0.25, 0.3) is 122 Å². The zero-order valence-electron chi connectivity index (χ0n) is 60.5. The van der Waals surface area contributed by atoms with Gasteiger partial charge in [0.2, 0.25) is 0 Å². The fourth-order valence-corrected chi connectivity index (χ4v) is 17.7. The van der Waals surface area contributed by atoms with Crippen molar-refractivity contribution >= 4 is 55.7 Å². The summed E-state index contributed by atoms with van der Waals surface area (Å²) in [6.45, 7) is 9.39. The molecule has 4 aliphatic rings. The highest BCUT2D eigenvalue weighted by Gasteiger charge is 2.39. The third-order valence-electron chi connectivity index (χ3n) is 22.9. The van der Waals surface area contributed by atoms with E-state index in [9.17, 15) is 0 Å². The summed E-state index contributed by atoms with van der Waals surface area (Å²) in [6, 6.07) is 136. The monoisotopic (exact) mass is 1380 g/mol. The number of benzene rings is 17. The van der Waals surface area contributed by atoms with Crippen molar-refractivity contribution in [1.29, 1.82) is 0 Å². The standard InChI is InChI=1S/C55H39NO.C49H35NO/c1-55(2)49-27-11-9-22-43(49)44-31-30-41(35-50(44)55)56(42-33-39(36-16-5-3-6-17-36)32-40(34-42)37-18-7-4-8-19-37)51-28-15-26-48-47-25-14-21-38-20-13-24-46(53(38)47)45-23-10-12-29-52(45)57-54(48)51;1-49(2)43-22-8-6-17-37(43)38-30-29-36(31-44(38)49)50(35-27-25-33(26-28-35)32-13-4-3-5-14-32)45-23-12-21-42-41-20-11-16-34-15-10-19-40(47(34)41)39-18-7-9-24-46(39)51-48(42)45/h3-35H,1-2H3;3-31H,1-2H3. The van der Waals surface area contributed by atoms with E-state index in [1.165, 1.54) is 105 Å². The van der Waals surface area contributed by atoms with Crippen molar-refractivity contribution in [2.45, 2.75) is 38.5 Å². The van der Waals surface area contributed by atoms with E-state index in [0.29, 0.717) is 0 Å². The van der Waals surface area contributed by atoms with Gasteiger partial charge in [-0.3, -0.25) is 0 Å². The molecule has 2 aliphatic heterocycles. The zero-order valence-corrected chi connectivity index (χ0v) is 60.5. The maximum absolute atomic E-state index is 7.30. The van der Waals surface area contributed by atoms with Crippen molar-refractivity contribution in [2.75, 3.05) is 9.80 Å². The molecule has 0 aromatic heterocycles. The topological polar surface area (TPSA) is 24.9 Å². The smallest absolute Gasteiger partial charge is 0.159 e. The number of hydrogen-bond acceptors (Lipinski definition) is 4. The highest BCUT2D eigenvalue weighted by Crippen LogP contribution is 2.58. The lowest BCUT2D eigenvalue weighted by Crippen LogP contribution is -2.17. The van der Waals surface area contributed by atoms with Gasteiger partial charge in [0, 0.05) is 55.8 Å².